The van der Waals surface area contributed by atoms with Gasteiger partial charge in [0.1, 0.15) is 5.82 Å². The van der Waals surface area contributed by atoms with Gasteiger partial charge in [-0.15, -0.1) is 0 Å². The Morgan fingerprint density at radius 3 is 2.84 bits per heavy atom. The lowest BCUT2D eigenvalue weighted by molar-refractivity contribution is 0.100. The Bertz CT molecular complexity index is 597. The van der Waals surface area contributed by atoms with Crippen LogP contribution in [0.4, 0.5) is 5.82 Å². The maximum atomic E-state index is 11.5. The van der Waals surface area contributed by atoms with E-state index in [1.807, 2.05) is 31.2 Å². The minimum atomic E-state index is -0.495. The molecule has 0 fully saturated rings. The molecule has 0 aliphatic carbocycles. The molecule has 1 aromatic heterocycles. The van der Waals surface area contributed by atoms with E-state index >= 15 is 0 Å². The normalized spacial score (nSPS) is 12.3. The van der Waals surface area contributed by atoms with Gasteiger partial charge in [0, 0.05) is 18.0 Å². The van der Waals surface area contributed by atoms with Crippen LogP contribution < -0.4 is 16.8 Å². The first-order valence-electron chi connectivity index (χ1n) is 6.31. The number of para-hydroxylation sites is 1. The van der Waals surface area contributed by atoms with Crippen LogP contribution in [0.2, 0.25) is 0 Å². The lowest BCUT2D eigenvalue weighted by atomic mass is 10.1. The first-order chi connectivity index (χ1) is 9.11. The third-order valence-corrected chi connectivity index (χ3v) is 3.05. The molecule has 0 aliphatic rings. The highest BCUT2D eigenvalue weighted by Gasteiger charge is 2.12. The molecule has 100 valence electrons. The van der Waals surface area contributed by atoms with Crippen molar-refractivity contribution < 1.29 is 4.79 Å². The molecule has 5 nitrogen and oxygen atoms in total. The van der Waals surface area contributed by atoms with Gasteiger partial charge < -0.3 is 16.8 Å². The van der Waals surface area contributed by atoms with Crippen molar-refractivity contribution in [1.82, 2.24) is 4.98 Å². The van der Waals surface area contributed by atoms with E-state index < -0.39 is 5.91 Å². The molecule has 1 unspecified atom stereocenters. The van der Waals surface area contributed by atoms with Gasteiger partial charge in [0.05, 0.1) is 11.1 Å². The van der Waals surface area contributed by atoms with Crippen molar-refractivity contribution in [1.29, 1.82) is 0 Å². The second kappa shape index (κ2) is 5.67. The number of hydrogen-bond acceptors (Lipinski definition) is 4. The molecule has 0 saturated carbocycles. The second-order valence-electron chi connectivity index (χ2n) is 4.49. The van der Waals surface area contributed by atoms with Crippen LogP contribution in [0, 0.1) is 0 Å². The number of nitrogens with zero attached hydrogens (tertiary/aromatic N) is 1. The molecule has 5 heteroatoms. The molecular weight excluding hydrogens is 240 g/mol. The highest BCUT2D eigenvalue weighted by Crippen LogP contribution is 2.20. The molecule has 0 spiro atoms. The summed E-state index contributed by atoms with van der Waals surface area (Å²) in [6.07, 6.45) is 0.854. The second-order valence-corrected chi connectivity index (χ2v) is 4.49. The van der Waals surface area contributed by atoms with Crippen LogP contribution >= 0.6 is 0 Å². The fraction of sp³-hybridized carbons (Fsp3) is 0.286. The number of benzene rings is 1. The zero-order valence-electron chi connectivity index (χ0n) is 10.9. The molecular formula is C14H18N4O. The fourth-order valence-corrected chi connectivity index (χ4v) is 1.81. The maximum Gasteiger partial charge on any atom is 0.252 e. The van der Waals surface area contributed by atoms with Gasteiger partial charge in [0.15, 0.2) is 0 Å². The molecule has 0 aliphatic heterocycles. The summed E-state index contributed by atoms with van der Waals surface area (Å²) in [7, 11) is 0. The monoisotopic (exact) mass is 258 g/mol. The molecule has 2 rings (SSSR count). The standard InChI is InChI=1S/C14H18N4O/c1-2-10(15)8-17-14-11(13(16)19)7-9-5-3-4-6-12(9)18-14/h3-7,10H,2,8,15H2,1H3,(H2,16,19)(H,17,18). The van der Waals surface area contributed by atoms with E-state index in [1.165, 1.54) is 0 Å². The first-order valence-corrected chi connectivity index (χ1v) is 6.31. The van der Waals surface area contributed by atoms with Crippen LogP contribution in [-0.4, -0.2) is 23.5 Å². The van der Waals surface area contributed by atoms with Crippen molar-refractivity contribution in [2.45, 2.75) is 19.4 Å². The average Bonchev–Trinajstić information content (AvgIpc) is 2.43. The summed E-state index contributed by atoms with van der Waals surface area (Å²) in [5, 5.41) is 3.99. The molecule has 1 heterocycles. The van der Waals surface area contributed by atoms with Crippen molar-refractivity contribution in [2.75, 3.05) is 11.9 Å². The number of anilines is 1. The largest absolute Gasteiger partial charge is 0.368 e. The number of primary amides is 1. The summed E-state index contributed by atoms with van der Waals surface area (Å²) in [5.41, 5.74) is 12.5. The molecule has 1 amide bonds. The minimum Gasteiger partial charge on any atom is -0.368 e. The number of aromatic nitrogens is 1. The van der Waals surface area contributed by atoms with Crippen LogP contribution in [0.3, 0.4) is 0 Å². The molecule has 5 N–H and O–H groups in total. The van der Waals surface area contributed by atoms with Crippen molar-refractivity contribution in [2.24, 2.45) is 11.5 Å². The predicted molar refractivity (Wildman–Crippen MR) is 77.0 cm³/mol. The average molecular weight is 258 g/mol. The van der Waals surface area contributed by atoms with Crippen LogP contribution in [0.15, 0.2) is 30.3 Å². The Kier molecular flexibility index (Phi) is 3.97. The van der Waals surface area contributed by atoms with E-state index in [4.69, 9.17) is 11.5 Å². The summed E-state index contributed by atoms with van der Waals surface area (Å²) in [4.78, 5) is 15.9. The molecule has 0 saturated heterocycles. The van der Waals surface area contributed by atoms with Crippen molar-refractivity contribution in [3.63, 3.8) is 0 Å². The van der Waals surface area contributed by atoms with Gasteiger partial charge in [0.2, 0.25) is 0 Å². The van der Waals surface area contributed by atoms with E-state index in [2.05, 4.69) is 10.3 Å². The maximum absolute atomic E-state index is 11.5. The number of nitrogens with two attached hydrogens (primary N) is 2. The highest BCUT2D eigenvalue weighted by atomic mass is 16.1. The Hall–Kier alpha value is -2.14. The van der Waals surface area contributed by atoms with Gasteiger partial charge in [-0.25, -0.2) is 4.98 Å². The Balaban J connectivity index is 2.39. The molecule has 1 atom stereocenters. The number of rotatable bonds is 5. The highest BCUT2D eigenvalue weighted by molar-refractivity contribution is 6.01. The topological polar surface area (TPSA) is 94.0 Å². The number of amides is 1. The number of hydrogen-bond donors (Lipinski definition) is 3. The van der Waals surface area contributed by atoms with Crippen LogP contribution in [-0.2, 0) is 0 Å². The van der Waals surface area contributed by atoms with Gasteiger partial charge >= 0.3 is 0 Å². The molecule has 0 bridgehead atoms. The van der Waals surface area contributed by atoms with Gasteiger partial charge in [-0.2, -0.15) is 0 Å². The zero-order valence-corrected chi connectivity index (χ0v) is 10.9. The van der Waals surface area contributed by atoms with Gasteiger partial charge in [-0.1, -0.05) is 25.1 Å². The summed E-state index contributed by atoms with van der Waals surface area (Å²) >= 11 is 0. The Morgan fingerprint density at radius 2 is 2.16 bits per heavy atom. The summed E-state index contributed by atoms with van der Waals surface area (Å²) in [5.74, 6) is 0.000855. The van der Waals surface area contributed by atoms with Gasteiger partial charge in [0.25, 0.3) is 5.91 Å². The number of pyridine rings is 1. The lowest BCUT2D eigenvalue weighted by Gasteiger charge is -2.13. The van der Waals surface area contributed by atoms with E-state index in [0.717, 1.165) is 17.3 Å². The summed E-state index contributed by atoms with van der Waals surface area (Å²) in [6, 6.07) is 9.37. The number of fused-ring (bicyclic) bond motifs is 1. The van der Waals surface area contributed by atoms with Crippen LogP contribution in [0.5, 0.6) is 0 Å². The van der Waals surface area contributed by atoms with E-state index in [-0.39, 0.29) is 6.04 Å². The molecule has 1 aromatic carbocycles. The molecule has 19 heavy (non-hydrogen) atoms. The summed E-state index contributed by atoms with van der Waals surface area (Å²) in [6.45, 7) is 2.57. The predicted octanol–water partition coefficient (Wildman–Crippen LogP) is 1.48. The SMILES string of the molecule is CCC(N)CNc1nc2ccccc2cc1C(N)=O. The van der Waals surface area contributed by atoms with Crippen molar-refractivity contribution >= 4 is 22.6 Å². The van der Waals surface area contributed by atoms with Crippen LogP contribution in [0.1, 0.15) is 23.7 Å². The first kappa shape index (κ1) is 13.3. The number of carbonyl (C=O) groups excluding carboxylic acids is 1. The quantitative estimate of drug-likeness (QED) is 0.757. The smallest absolute Gasteiger partial charge is 0.252 e. The van der Waals surface area contributed by atoms with Crippen molar-refractivity contribution in [3.8, 4) is 0 Å². The van der Waals surface area contributed by atoms with Gasteiger partial charge in [-0.3, -0.25) is 4.79 Å². The summed E-state index contributed by atoms with van der Waals surface area (Å²) < 4.78 is 0. The third-order valence-electron chi connectivity index (χ3n) is 3.05. The number of nitrogens with one attached hydrogen (secondary N) is 1. The zero-order chi connectivity index (χ0) is 13.8. The van der Waals surface area contributed by atoms with Crippen LogP contribution in [0.25, 0.3) is 10.9 Å². The van der Waals surface area contributed by atoms with E-state index in [9.17, 15) is 4.79 Å². The lowest BCUT2D eigenvalue weighted by Crippen LogP contribution is -2.29. The fourth-order valence-electron chi connectivity index (χ4n) is 1.81. The Labute approximate surface area is 112 Å². The van der Waals surface area contributed by atoms with E-state index in [1.54, 1.807) is 6.07 Å². The minimum absolute atomic E-state index is 0.0222. The van der Waals surface area contributed by atoms with Crippen molar-refractivity contribution in [3.05, 3.63) is 35.9 Å². The molecule has 0 radical (unpaired) electrons. The van der Waals surface area contributed by atoms with Gasteiger partial charge in [-0.05, 0) is 18.6 Å². The molecule has 2 aromatic rings. The third kappa shape index (κ3) is 3.00. The Morgan fingerprint density at radius 1 is 1.42 bits per heavy atom. The van der Waals surface area contributed by atoms with E-state index in [0.29, 0.717) is 17.9 Å². The number of carbonyl (C=O) groups is 1.